The number of carbonyl (C=O) groups is 1. The fourth-order valence-electron chi connectivity index (χ4n) is 3.57. The van der Waals surface area contributed by atoms with Crippen molar-refractivity contribution in [2.45, 2.75) is 33.6 Å². The van der Waals surface area contributed by atoms with Gasteiger partial charge < -0.3 is 15.1 Å². The zero-order chi connectivity index (χ0) is 20.3. The summed E-state index contributed by atoms with van der Waals surface area (Å²) in [6.45, 7) is 11.0. The zero-order valence-corrected chi connectivity index (χ0v) is 16.9. The van der Waals surface area contributed by atoms with E-state index in [4.69, 9.17) is 10.2 Å². The van der Waals surface area contributed by atoms with Crippen LogP contribution < -0.4 is 10.2 Å². The van der Waals surface area contributed by atoms with Crippen molar-refractivity contribution < 1.29 is 4.79 Å². The lowest BCUT2D eigenvalue weighted by Crippen LogP contribution is -2.50. The molecular weight excluding hydrogens is 352 g/mol. The predicted molar refractivity (Wildman–Crippen MR) is 110 cm³/mol. The lowest BCUT2D eigenvalue weighted by atomic mass is 10.0. The minimum Gasteiger partial charge on any atom is -0.353 e. The molecule has 28 heavy (non-hydrogen) atoms. The first-order chi connectivity index (χ1) is 13.4. The summed E-state index contributed by atoms with van der Waals surface area (Å²) in [6.07, 6.45) is 0. The fraction of sp³-hybridized carbons (Fsp3) is 0.429. The molecule has 0 atom stereocenters. The van der Waals surface area contributed by atoms with Gasteiger partial charge in [-0.25, -0.2) is 14.8 Å². The second-order valence-electron chi connectivity index (χ2n) is 7.34. The van der Waals surface area contributed by atoms with E-state index in [0.29, 0.717) is 30.3 Å². The molecule has 1 aliphatic heterocycles. The number of carbonyl (C=O) groups excluding carboxylic acids is 1. The van der Waals surface area contributed by atoms with E-state index in [2.05, 4.69) is 35.1 Å². The van der Waals surface area contributed by atoms with Crippen molar-refractivity contribution in [3.05, 3.63) is 46.9 Å². The molecular formula is C21H26N6O. The summed E-state index contributed by atoms with van der Waals surface area (Å²) in [7, 11) is 0. The van der Waals surface area contributed by atoms with Gasteiger partial charge in [-0.3, -0.25) is 0 Å². The number of aromatic nitrogens is 2. The van der Waals surface area contributed by atoms with Gasteiger partial charge in [0.15, 0.2) is 0 Å². The summed E-state index contributed by atoms with van der Waals surface area (Å²) in [5.74, 6) is 2.11. The number of anilines is 2. The third-order valence-corrected chi connectivity index (χ3v) is 4.94. The van der Waals surface area contributed by atoms with Crippen LogP contribution in [0.2, 0.25) is 0 Å². The highest BCUT2D eigenvalue weighted by atomic mass is 16.2. The molecule has 0 saturated carbocycles. The molecule has 7 heteroatoms. The molecule has 0 aliphatic carbocycles. The second kappa shape index (κ2) is 8.26. The van der Waals surface area contributed by atoms with E-state index in [1.807, 2.05) is 18.7 Å². The first-order valence-corrected chi connectivity index (χ1v) is 9.55. The smallest absolute Gasteiger partial charge is 0.321 e. The minimum absolute atomic E-state index is 0.122. The first-order valence-electron chi connectivity index (χ1n) is 9.55. The monoisotopic (exact) mass is 378 g/mol. The van der Waals surface area contributed by atoms with Crippen LogP contribution in [0.4, 0.5) is 16.3 Å². The Balaban J connectivity index is 1.66. The molecule has 0 spiro atoms. The zero-order valence-electron chi connectivity index (χ0n) is 16.9. The standard InChI is InChI=1S/C21H26N6O/c1-14(2)19-15(3)23-16(4)24-20(19)26-9-11-27(12-10-26)21(28)25-18-7-5-17(13-22)6-8-18/h5-8,14H,9-12H2,1-4H3,(H,25,28). The Hall–Kier alpha value is -3.14. The van der Waals surface area contributed by atoms with Crippen LogP contribution in [0.1, 0.15) is 42.4 Å². The average molecular weight is 378 g/mol. The third-order valence-electron chi connectivity index (χ3n) is 4.94. The van der Waals surface area contributed by atoms with Crippen LogP contribution in [0.5, 0.6) is 0 Å². The van der Waals surface area contributed by atoms with Crippen molar-refractivity contribution in [3.63, 3.8) is 0 Å². The molecule has 1 N–H and O–H groups in total. The van der Waals surface area contributed by atoms with Crippen molar-refractivity contribution in [3.8, 4) is 6.07 Å². The highest BCUT2D eigenvalue weighted by Gasteiger charge is 2.25. The molecule has 0 unspecified atom stereocenters. The number of benzene rings is 1. The van der Waals surface area contributed by atoms with E-state index >= 15 is 0 Å². The van der Waals surface area contributed by atoms with E-state index < -0.39 is 0 Å². The van der Waals surface area contributed by atoms with E-state index in [1.54, 1.807) is 24.3 Å². The second-order valence-corrected chi connectivity index (χ2v) is 7.34. The Morgan fingerprint density at radius 3 is 2.32 bits per heavy atom. The molecule has 1 aromatic heterocycles. The van der Waals surface area contributed by atoms with Gasteiger partial charge in [-0.05, 0) is 44.0 Å². The average Bonchev–Trinajstić information content (AvgIpc) is 2.67. The number of hydrogen-bond acceptors (Lipinski definition) is 5. The molecule has 1 saturated heterocycles. The summed E-state index contributed by atoms with van der Waals surface area (Å²) in [5.41, 5.74) is 3.47. The SMILES string of the molecule is Cc1nc(C)c(C(C)C)c(N2CCN(C(=O)Nc3ccc(C#N)cc3)CC2)n1. The molecule has 1 aliphatic rings. The Morgan fingerprint density at radius 1 is 1.11 bits per heavy atom. The maximum Gasteiger partial charge on any atom is 0.321 e. The molecule has 2 aromatic rings. The molecule has 0 radical (unpaired) electrons. The number of nitrogens with zero attached hydrogens (tertiary/aromatic N) is 5. The van der Waals surface area contributed by atoms with Gasteiger partial charge in [0, 0.05) is 43.1 Å². The summed E-state index contributed by atoms with van der Waals surface area (Å²) >= 11 is 0. The van der Waals surface area contributed by atoms with Crippen molar-refractivity contribution >= 4 is 17.5 Å². The van der Waals surface area contributed by atoms with Crippen LogP contribution in [0, 0.1) is 25.2 Å². The van der Waals surface area contributed by atoms with E-state index in [-0.39, 0.29) is 6.03 Å². The molecule has 146 valence electrons. The van der Waals surface area contributed by atoms with Crippen LogP contribution in [0.15, 0.2) is 24.3 Å². The summed E-state index contributed by atoms with van der Waals surface area (Å²) in [5, 5.41) is 11.8. The number of rotatable bonds is 3. The van der Waals surface area contributed by atoms with E-state index in [0.717, 1.165) is 30.4 Å². The maximum absolute atomic E-state index is 12.6. The first kappa shape index (κ1) is 19.6. The van der Waals surface area contributed by atoms with Gasteiger partial charge in [0.1, 0.15) is 11.6 Å². The largest absolute Gasteiger partial charge is 0.353 e. The van der Waals surface area contributed by atoms with E-state index in [1.165, 1.54) is 5.56 Å². The van der Waals surface area contributed by atoms with Crippen LogP contribution in [-0.4, -0.2) is 47.1 Å². The van der Waals surface area contributed by atoms with Crippen molar-refractivity contribution in [1.82, 2.24) is 14.9 Å². The molecule has 3 rings (SSSR count). The molecule has 1 aromatic carbocycles. The predicted octanol–water partition coefficient (Wildman–Crippen LogP) is 3.44. The van der Waals surface area contributed by atoms with Gasteiger partial charge in [0.25, 0.3) is 0 Å². The van der Waals surface area contributed by atoms with Crippen molar-refractivity contribution in [1.29, 1.82) is 5.26 Å². The molecule has 2 heterocycles. The third kappa shape index (κ3) is 4.22. The maximum atomic E-state index is 12.6. The van der Waals surface area contributed by atoms with Gasteiger partial charge in [0.05, 0.1) is 11.6 Å². The van der Waals surface area contributed by atoms with Gasteiger partial charge >= 0.3 is 6.03 Å². The van der Waals surface area contributed by atoms with Gasteiger partial charge in [-0.1, -0.05) is 13.8 Å². The molecule has 2 amide bonds. The Bertz CT molecular complexity index is 892. The Morgan fingerprint density at radius 2 is 1.75 bits per heavy atom. The summed E-state index contributed by atoms with van der Waals surface area (Å²) in [6, 6.07) is 8.83. The lowest BCUT2D eigenvalue weighted by Gasteiger charge is -2.36. The molecule has 7 nitrogen and oxygen atoms in total. The fourth-order valence-corrected chi connectivity index (χ4v) is 3.57. The normalized spacial score (nSPS) is 14.1. The van der Waals surface area contributed by atoms with Gasteiger partial charge in [-0.2, -0.15) is 5.26 Å². The number of amides is 2. The van der Waals surface area contributed by atoms with Crippen molar-refractivity contribution in [2.24, 2.45) is 0 Å². The van der Waals surface area contributed by atoms with Crippen LogP contribution >= 0.6 is 0 Å². The Kier molecular flexibility index (Phi) is 5.78. The topological polar surface area (TPSA) is 85.2 Å². The number of piperazine rings is 1. The Labute approximate surface area is 166 Å². The van der Waals surface area contributed by atoms with Gasteiger partial charge in [0.2, 0.25) is 0 Å². The van der Waals surface area contributed by atoms with Crippen LogP contribution in [0.3, 0.4) is 0 Å². The number of hydrogen-bond donors (Lipinski definition) is 1. The summed E-state index contributed by atoms with van der Waals surface area (Å²) in [4.78, 5) is 25.8. The minimum atomic E-state index is -0.122. The van der Waals surface area contributed by atoms with Gasteiger partial charge in [-0.15, -0.1) is 0 Å². The lowest BCUT2D eigenvalue weighted by molar-refractivity contribution is 0.208. The number of nitriles is 1. The number of aryl methyl sites for hydroxylation is 2. The van der Waals surface area contributed by atoms with Crippen LogP contribution in [0.25, 0.3) is 0 Å². The summed E-state index contributed by atoms with van der Waals surface area (Å²) < 4.78 is 0. The molecule has 1 fully saturated rings. The van der Waals surface area contributed by atoms with Crippen LogP contribution in [-0.2, 0) is 0 Å². The van der Waals surface area contributed by atoms with Crippen molar-refractivity contribution in [2.75, 3.05) is 36.4 Å². The number of nitrogens with one attached hydrogen (secondary N) is 1. The number of urea groups is 1. The van der Waals surface area contributed by atoms with E-state index in [9.17, 15) is 4.79 Å². The highest BCUT2D eigenvalue weighted by Crippen LogP contribution is 2.29. The molecule has 0 bridgehead atoms. The quantitative estimate of drug-likeness (QED) is 0.884. The highest BCUT2D eigenvalue weighted by molar-refractivity contribution is 5.89.